The summed E-state index contributed by atoms with van der Waals surface area (Å²) >= 11 is 0. The quantitative estimate of drug-likeness (QED) is 0.792. The zero-order valence-electron chi connectivity index (χ0n) is 16.0. The van der Waals surface area contributed by atoms with Crippen LogP contribution in [0.1, 0.15) is 34.8 Å². The Kier molecular flexibility index (Phi) is 6.71. The highest BCUT2D eigenvalue weighted by atomic mass is 16.5. The number of aryl methyl sites for hydroxylation is 1. The molecule has 0 bridgehead atoms. The smallest absolute Gasteiger partial charge is 0.337 e. The second-order valence-corrected chi connectivity index (χ2v) is 6.25. The highest BCUT2D eigenvalue weighted by Crippen LogP contribution is 2.19. The van der Waals surface area contributed by atoms with E-state index in [0.29, 0.717) is 11.3 Å². The molecule has 6 nitrogen and oxygen atoms in total. The summed E-state index contributed by atoms with van der Waals surface area (Å²) in [6.07, 6.45) is 0.158. The first-order valence-corrected chi connectivity index (χ1v) is 8.66. The molecule has 0 saturated carbocycles. The summed E-state index contributed by atoms with van der Waals surface area (Å²) in [4.78, 5) is 37.3. The van der Waals surface area contributed by atoms with Crippen LogP contribution >= 0.6 is 0 Å². The Morgan fingerprint density at radius 3 is 2.30 bits per heavy atom. The first-order chi connectivity index (χ1) is 12.8. The number of hydrogen-bond acceptors (Lipinski definition) is 4. The lowest BCUT2D eigenvalue weighted by molar-refractivity contribution is -0.117. The minimum absolute atomic E-state index is 0.158. The van der Waals surface area contributed by atoms with Crippen LogP contribution in [0.25, 0.3) is 0 Å². The molecule has 27 heavy (non-hydrogen) atoms. The van der Waals surface area contributed by atoms with Gasteiger partial charge in [-0.05, 0) is 55.3 Å². The number of nitrogens with one attached hydrogen (secondary N) is 1. The number of esters is 1. The van der Waals surface area contributed by atoms with E-state index in [4.69, 9.17) is 0 Å². The van der Waals surface area contributed by atoms with Crippen molar-refractivity contribution in [2.75, 3.05) is 23.9 Å². The number of methoxy groups -OCH3 is 1. The first kappa shape index (κ1) is 20.2. The molecule has 0 atom stereocenters. The Balaban J connectivity index is 2.04. The van der Waals surface area contributed by atoms with Crippen LogP contribution in [0.3, 0.4) is 0 Å². The van der Waals surface area contributed by atoms with Gasteiger partial charge in [0.2, 0.25) is 11.8 Å². The average molecular weight is 368 g/mol. The Morgan fingerprint density at radius 2 is 1.70 bits per heavy atom. The Labute approximate surface area is 159 Å². The van der Waals surface area contributed by atoms with Crippen molar-refractivity contribution in [2.24, 2.45) is 0 Å². The number of amides is 2. The molecule has 0 aliphatic rings. The average Bonchev–Trinajstić information content (AvgIpc) is 2.65. The van der Waals surface area contributed by atoms with E-state index in [1.54, 1.807) is 24.3 Å². The van der Waals surface area contributed by atoms with Crippen LogP contribution in [0.2, 0.25) is 0 Å². The fourth-order valence-corrected chi connectivity index (χ4v) is 2.68. The Hall–Kier alpha value is -3.15. The van der Waals surface area contributed by atoms with Gasteiger partial charge in [-0.15, -0.1) is 0 Å². The van der Waals surface area contributed by atoms with Crippen LogP contribution in [0.4, 0.5) is 11.4 Å². The first-order valence-electron chi connectivity index (χ1n) is 8.66. The lowest BCUT2D eigenvalue weighted by atomic mass is 10.1. The summed E-state index contributed by atoms with van der Waals surface area (Å²) in [6.45, 7) is 5.62. The number of carbonyl (C=O) groups excluding carboxylic acids is 3. The maximum atomic E-state index is 12.3. The van der Waals surface area contributed by atoms with Crippen molar-refractivity contribution in [3.8, 4) is 0 Å². The van der Waals surface area contributed by atoms with E-state index in [0.717, 1.165) is 16.8 Å². The molecule has 0 saturated heterocycles. The SMILES string of the molecule is COC(=O)c1ccc(N(CCC(=O)Nc2cccc(C)c2C)C(C)=O)cc1. The van der Waals surface area contributed by atoms with Crippen molar-refractivity contribution in [1.82, 2.24) is 0 Å². The number of hydrogen-bond donors (Lipinski definition) is 1. The molecule has 2 aromatic rings. The van der Waals surface area contributed by atoms with Crippen LogP contribution in [-0.2, 0) is 14.3 Å². The van der Waals surface area contributed by atoms with Gasteiger partial charge in [0.25, 0.3) is 0 Å². The highest BCUT2D eigenvalue weighted by Gasteiger charge is 2.15. The maximum Gasteiger partial charge on any atom is 0.337 e. The van der Waals surface area contributed by atoms with Gasteiger partial charge in [0, 0.05) is 31.3 Å². The van der Waals surface area contributed by atoms with Gasteiger partial charge in [0.15, 0.2) is 0 Å². The molecule has 1 N–H and O–H groups in total. The molecule has 0 aromatic heterocycles. The van der Waals surface area contributed by atoms with Gasteiger partial charge in [-0.1, -0.05) is 12.1 Å². The molecule has 2 amide bonds. The number of ether oxygens (including phenoxy) is 1. The van der Waals surface area contributed by atoms with Crippen molar-refractivity contribution in [3.63, 3.8) is 0 Å². The molecule has 0 heterocycles. The summed E-state index contributed by atoms with van der Waals surface area (Å²) < 4.78 is 4.67. The molecule has 0 fully saturated rings. The highest BCUT2D eigenvalue weighted by molar-refractivity contribution is 5.96. The molecule has 0 spiro atoms. The van der Waals surface area contributed by atoms with E-state index in [-0.39, 0.29) is 24.8 Å². The second-order valence-electron chi connectivity index (χ2n) is 6.25. The van der Waals surface area contributed by atoms with E-state index >= 15 is 0 Å². The molecule has 0 aliphatic heterocycles. The van der Waals surface area contributed by atoms with Crippen molar-refractivity contribution < 1.29 is 19.1 Å². The fraction of sp³-hybridized carbons (Fsp3) is 0.286. The Bertz CT molecular complexity index is 844. The Morgan fingerprint density at radius 1 is 1.04 bits per heavy atom. The third kappa shape index (κ3) is 5.17. The molecule has 2 rings (SSSR count). The van der Waals surface area contributed by atoms with E-state index in [9.17, 15) is 14.4 Å². The molecule has 142 valence electrons. The number of benzene rings is 2. The summed E-state index contributed by atoms with van der Waals surface area (Å²) in [6, 6.07) is 12.2. The molecule has 0 radical (unpaired) electrons. The van der Waals surface area contributed by atoms with Gasteiger partial charge in [-0.25, -0.2) is 4.79 Å². The van der Waals surface area contributed by atoms with E-state index in [2.05, 4.69) is 10.1 Å². The zero-order valence-corrected chi connectivity index (χ0v) is 16.0. The maximum absolute atomic E-state index is 12.3. The largest absolute Gasteiger partial charge is 0.465 e. The van der Waals surface area contributed by atoms with Crippen LogP contribution < -0.4 is 10.2 Å². The molecule has 0 aliphatic carbocycles. The molecule has 6 heteroatoms. The molecular formula is C21H24N2O4. The fourth-order valence-electron chi connectivity index (χ4n) is 2.68. The predicted octanol–water partition coefficient (Wildman–Crippen LogP) is 3.47. The number of rotatable bonds is 6. The van der Waals surface area contributed by atoms with Gasteiger partial charge in [-0.2, -0.15) is 0 Å². The topological polar surface area (TPSA) is 75.7 Å². The number of carbonyl (C=O) groups is 3. The lowest BCUT2D eigenvalue weighted by Crippen LogP contribution is -2.32. The lowest BCUT2D eigenvalue weighted by Gasteiger charge is -2.21. The zero-order chi connectivity index (χ0) is 20.0. The third-order valence-electron chi connectivity index (χ3n) is 4.42. The predicted molar refractivity (Wildman–Crippen MR) is 105 cm³/mol. The van der Waals surface area contributed by atoms with Crippen LogP contribution in [0.15, 0.2) is 42.5 Å². The van der Waals surface area contributed by atoms with E-state index < -0.39 is 5.97 Å². The van der Waals surface area contributed by atoms with Gasteiger partial charge >= 0.3 is 5.97 Å². The van der Waals surface area contributed by atoms with Gasteiger partial charge in [0.1, 0.15) is 0 Å². The second kappa shape index (κ2) is 8.98. The standard InChI is InChI=1S/C21H24N2O4/c1-14-6-5-7-19(15(14)2)22-20(25)12-13-23(16(3)24)18-10-8-17(9-11-18)21(26)27-4/h5-11H,12-13H2,1-4H3,(H,22,25). The van der Waals surface area contributed by atoms with Gasteiger partial charge < -0.3 is 15.0 Å². The molecule has 0 unspecified atom stereocenters. The minimum Gasteiger partial charge on any atom is -0.465 e. The monoisotopic (exact) mass is 368 g/mol. The summed E-state index contributed by atoms with van der Waals surface area (Å²) in [7, 11) is 1.31. The number of nitrogens with zero attached hydrogens (tertiary/aromatic N) is 1. The third-order valence-corrected chi connectivity index (χ3v) is 4.42. The van der Waals surface area contributed by atoms with Crippen LogP contribution in [0.5, 0.6) is 0 Å². The summed E-state index contributed by atoms with van der Waals surface area (Å²) in [5.41, 5.74) is 3.92. The van der Waals surface area contributed by atoms with E-state index in [1.165, 1.54) is 18.9 Å². The van der Waals surface area contributed by atoms with Crippen LogP contribution in [0, 0.1) is 13.8 Å². The van der Waals surface area contributed by atoms with Crippen molar-refractivity contribution in [3.05, 3.63) is 59.2 Å². The summed E-state index contributed by atoms with van der Waals surface area (Å²) in [5.74, 6) is -0.787. The van der Waals surface area contributed by atoms with Crippen LogP contribution in [-0.4, -0.2) is 31.4 Å². The molecular weight excluding hydrogens is 344 g/mol. The normalized spacial score (nSPS) is 10.2. The van der Waals surface area contributed by atoms with Gasteiger partial charge in [0.05, 0.1) is 12.7 Å². The molecule has 2 aromatic carbocycles. The minimum atomic E-state index is -0.441. The number of anilines is 2. The van der Waals surface area contributed by atoms with Crippen molar-refractivity contribution in [2.45, 2.75) is 27.2 Å². The van der Waals surface area contributed by atoms with Gasteiger partial charge in [-0.3, -0.25) is 9.59 Å². The van der Waals surface area contributed by atoms with Crippen molar-refractivity contribution >= 4 is 29.2 Å². The summed E-state index contributed by atoms with van der Waals surface area (Å²) in [5, 5.41) is 2.89. The van der Waals surface area contributed by atoms with E-state index in [1.807, 2.05) is 32.0 Å². The van der Waals surface area contributed by atoms with Crippen molar-refractivity contribution in [1.29, 1.82) is 0 Å².